The van der Waals surface area contributed by atoms with Crippen LogP contribution >= 0.6 is 0 Å². The number of amides is 2. The van der Waals surface area contributed by atoms with E-state index in [1.165, 1.54) is 0 Å². The minimum Gasteiger partial charge on any atom is -0.324 e. The number of fused-ring (bicyclic) bond motifs is 1. The molecule has 5 heteroatoms. The van der Waals surface area contributed by atoms with Crippen molar-refractivity contribution in [3.63, 3.8) is 0 Å². The monoisotopic (exact) mass is 273 g/mol. The van der Waals surface area contributed by atoms with Crippen LogP contribution in [0.1, 0.15) is 31.7 Å². The topological polar surface area (TPSA) is 75.4 Å². The summed E-state index contributed by atoms with van der Waals surface area (Å²) in [5.41, 5.74) is 8.11. The van der Waals surface area contributed by atoms with Gasteiger partial charge < -0.3 is 16.0 Å². The largest absolute Gasteiger partial charge is 0.324 e. The van der Waals surface area contributed by atoms with Gasteiger partial charge in [-0.3, -0.25) is 9.59 Å². The molecule has 0 atom stereocenters. The number of carbonyl (C=O) groups excluding carboxylic acids is 2. The lowest BCUT2D eigenvalue weighted by atomic mass is 9.77. The van der Waals surface area contributed by atoms with Crippen LogP contribution in [0.15, 0.2) is 18.2 Å². The highest BCUT2D eigenvalue weighted by Crippen LogP contribution is 2.33. The van der Waals surface area contributed by atoms with Gasteiger partial charge in [-0.2, -0.15) is 0 Å². The molecule has 20 heavy (non-hydrogen) atoms. The lowest BCUT2D eigenvalue weighted by molar-refractivity contribution is -0.123. The quantitative estimate of drug-likeness (QED) is 0.855. The minimum absolute atomic E-state index is 0.0518. The van der Waals surface area contributed by atoms with Crippen LogP contribution in [-0.4, -0.2) is 23.9 Å². The predicted octanol–water partition coefficient (Wildman–Crippen LogP) is 1.42. The second kappa shape index (κ2) is 4.59. The fraction of sp³-hybridized carbons (Fsp3) is 0.467. The first kappa shape index (κ1) is 13.1. The molecule has 0 saturated heterocycles. The van der Waals surface area contributed by atoms with E-state index in [4.69, 9.17) is 5.73 Å². The Hall–Kier alpha value is -1.88. The third-order valence-corrected chi connectivity index (χ3v) is 4.31. The molecule has 1 aliphatic carbocycles. The first-order valence-corrected chi connectivity index (χ1v) is 7.01. The summed E-state index contributed by atoms with van der Waals surface area (Å²) in [6, 6.07) is 5.67. The van der Waals surface area contributed by atoms with E-state index in [0.717, 1.165) is 42.6 Å². The zero-order chi connectivity index (χ0) is 14.3. The van der Waals surface area contributed by atoms with Gasteiger partial charge in [-0.05, 0) is 49.4 Å². The van der Waals surface area contributed by atoms with Gasteiger partial charge >= 0.3 is 0 Å². The second-order valence-corrected chi connectivity index (χ2v) is 5.73. The first-order chi connectivity index (χ1) is 9.49. The lowest BCUT2D eigenvalue weighted by Crippen LogP contribution is -2.56. The van der Waals surface area contributed by atoms with E-state index in [1.807, 2.05) is 18.2 Å². The summed E-state index contributed by atoms with van der Waals surface area (Å²) >= 11 is 0. The van der Waals surface area contributed by atoms with Gasteiger partial charge in [0.2, 0.25) is 11.8 Å². The Labute approximate surface area is 118 Å². The molecule has 1 aliphatic heterocycles. The summed E-state index contributed by atoms with van der Waals surface area (Å²) in [6.45, 7) is 2.28. The number of hydrogen-bond acceptors (Lipinski definition) is 3. The van der Waals surface area contributed by atoms with Crippen LogP contribution in [0.3, 0.4) is 0 Å². The molecule has 5 nitrogen and oxygen atoms in total. The normalized spacial score (nSPS) is 19.2. The van der Waals surface area contributed by atoms with Crippen molar-refractivity contribution in [1.29, 1.82) is 0 Å². The highest BCUT2D eigenvalue weighted by molar-refractivity contribution is 5.99. The fourth-order valence-corrected chi connectivity index (χ4v) is 2.85. The van der Waals surface area contributed by atoms with E-state index >= 15 is 0 Å². The number of hydrogen-bond donors (Lipinski definition) is 2. The van der Waals surface area contributed by atoms with Crippen molar-refractivity contribution in [2.24, 2.45) is 5.73 Å². The summed E-state index contributed by atoms with van der Waals surface area (Å²) < 4.78 is 0. The fourth-order valence-electron chi connectivity index (χ4n) is 2.85. The average Bonchev–Trinajstić information content (AvgIpc) is 2.78. The Bertz CT molecular complexity index is 578. The predicted molar refractivity (Wildman–Crippen MR) is 77.6 cm³/mol. The summed E-state index contributed by atoms with van der Waals surface area (Å²) in [7, 11) is 0. The van der Waals surface area contributed by atoms with Gasteiger partial charge in [-0.25, -0.2) is 0 Å². The van der Waals surface area contributed by atoms with E-state index < -0.39 is 5.54 Å². The Balaban J connectivity index is 1.77. The molecule has 0 unspecified atom stereocenters. The number of nitrogens with zero attached hydrogens (tertiary/aromatic N) is 1. The van der Waals surface area contributed by atoms with E-state index in [2.05, 4.69) is 5.32 Å². The van der Waals surface area contributed by atoms with Crippen molar-refractivity contribution >= 4 is 23.2 Å². The Morgan fingerprint density at radius 2 is 2.10 bits per heavy atom. The molecule has 1 aromatic carbocycles. The Morgan fingerprint density at radius 1 is 1.35 bits per heavy atom. The molecule has 2 amide bonds. The molecule has 1 aromatic rings. The number of nitrogens with two attached hydrogens (primary N) is 1. The van der Waals surface area contributed by atoms with Gasteiger partial charge in [-0.1, -0.05) is 0 Å². The van der Waals surface area contributed by atoms with E-state index in [-0.39, 0.29) is 11.8 Å². The molecular formula is C15H19N3O2. The van der Waals surface area contributed by atoms with Crippen LogP contribution in [-0.2, 0) is 16.0 Å². The maximum absolute atomic E-state index is 12.1. The van der Waals surface area contributed by atoms with Gasteiger partial charge in [-0.15, -0.1) is 0 Å². The number of carbonyl (C=O) groups is 2. The van der Waals surface area contributed by atoms with Gasteiger partial charge in [0.15, 0.2) is 0 Å². The van der Waals surface area contributed by atoms with Gasteiger partial charge in [0.05, 0.1) is 5.54 Å². The molecular weight excluding hydrogens is 254 g/mol. The number of rotatable bonds is 2. The summed E-state index contributed by atoms with van der Waals surface area (Å²) in [6.07, 6.45) is 3.35. The first-order valence-electron chi connectivity index (χ1n) is 7.01. The number of benzene rings is 1. The maximum atomic E-state index is 12.1. The molecule has 106 valence electrons. The molecule has 3 N–H and O–H groups in total. The molecule has 3 rings (SSSR count). The van der Waals surface area contributed by atoms with Crippen molar-refractivity contribution in [3.8, 4) is 0 Å². The van der Waals surface area contributed by atoms with Crippen LogP contribution in [0, 0.1) is 0 Å². The SMILES string of the molecule is CC(=O)N1CCc2cc(NC(=O)C3(N)CCC3)ccc21. The van der Waals surface area contributed by atoms with Crippen LogP contribution in [0.25, 0.3) is 0 Å². The standard InChI is InChI=1S/C15H19N3O2/c1-10(19)18-8-5-11-9-12(3-4-13(11)18)17-14(20)15(16)6-2-7-15/h3-4,9H,2,5-8,16H2,1H3,(H,17,20). The highest BCUT2D eigenvalue weighted by atomic mass is 16.2. The van der Waals surface area contributed by atoms with Crippen LogP contribution < -0.4 is 16.0 Å². The second-order valence-electron chi connectivity index (χ2n) is 5.73. The summed E-state index contributed by atoms with van der Waals surface area (Å²) in [5.74, 6) is -0.0546. The van der Waals surface area contributed by atoms with Crippen molar-refractivity contribution in [1.82, 2.24) is 0 Å². The third-order valence-electron chi connectivity index (χ3n) is 4.31. The average molecular weight is 273 g/mol. The van der Waals surface area contributed by atoms with E-state index in [1.54, 1.807) is 11.8 Å². The summed E-state index contributed by atoms with van der Waals surface area (Å²) in [5, 5.41) is 2.89. The zero-order valence-corrected chi connectivity index (χ0v) is 11.6. The van der Waals surface area contributed by atoms with Crippen molar-refractivity contribution in [3.05, 3.63) is 23.8 Å². The number of nitrogens with one attached hydrogen (secondary N) is 1. The lowest BCUT2D eigenvalue weighted by Gasteiger charge is -2.36. The van der Waals surface area contributed by atoms with Gasteiger partial charge in [0.25, 0.3) is 0 Å². The smallest absolute Gasteiger partial charge is 0.244 e. The van der Waals surface area contributed by atoms with Crippen LogP contribution in [0.4, 0.5) is 11.4 Å². The van der Waals surface area contributed by atoms with Crippen LogP contribution in [0.5, 0.6) is 0 Å². The molecule has 0 aromatic heterocycles. The molecule has 1 fully saturated rings. The maximum Gasteiger partial charge on any atom is 0.244 e. The Morgan fingerprint density at radius 3 is 2.70 bits per heavy atom. The number of anilines is 2. The molecule has 0 bridgehead atoms. The van der Waals surface area contributed by atoms with Crippen molar-refractivity contribution in [2.75, 3.05) is 16.8 Å². The highest BCUT2D eigenvalue weighted by Gasteiger charge is 2.40. The van der Waals surface area contributed by atoms with E-state index in [9.17, 15) is 9.59 Å². The third kappa shape index (κ3) is 2.08. The minimum atomic E-state index is -0.690. The molecule has 0 spiro atoms. The zero-order valence-electron chi connectivity index (χ0n) is 11.6. The molecule has 1 saturated carbocycles. The van der Waals surface area contributed by atoms with Crippen molar-refractivity contribution in [2.45, 2.75) is 38.1 Å². The molecule has 2 aliphatic rings. The Kier molecular flexibility index (Phi) is 3.01. The van der Waals surface area contributed by atoms with E-state index in [0.29, 0.717) is 6.54 Å². The van der Waals surface area contributed by atoms with Gasteiger partial charge in [0.1, 0.15) is 0 Å². The summed E-state index contributed by atoms with van der Waals surface area (Å²) in [4.78, 5) is 25.3. The van der Waals surface area contributed by atoms with Gasteiger partial charge in [0, 0.05) is 24.8 Å². The molecule has 1 heterocycles. The van der Waals surface area contributed by atoms with Crippen molar-refractivity contribution < 1.29 is 9.59 Å². The van der Waals surface area contributed by atoms with Crippen LogP contribution in [0.2, 0.25) is 0 Å². The molecule has 0 radical (unpaired) electrons.